The van der Waals surface area contributed by atoms with Crippen LogP contribution in [0.4, 0.5) is 16.5 Å². The average molecular weight is 334 g/mol. The van der Waals surface area contributed by atoms with Gasteiger partial charge in [-0.2, -0.15) is 5.10 Å². The molecule has 0 saturated heterocycles. The van der Waals surface area contributed by atoms with E-state index < -0.39 is 0 Å². The number of halogens is 1. The molecular formula is C14H12ClN5OS. The van der Waals surface area contributed by atoms with Gasteiger partial charge in [0.25, 0.3) is 5.91 Å². The van der Waals surface area contributed by atoms with Crippen molar-refractivity contribution in [1.82, 2.24) is 14.8 Å². The van der Waals surface area contributed by atoms with Crippen molar-refractivity contribution in [1.29, 1.82) is 0 Å². The van der Waals surface area contributed by atoms with Gasteiger partial charge in [0.15, 0.2) is 5.13 Å². The number of benzene rings is 1. The van der Waals surface area contributed by atoms with Gasteiger partial charge in [-0.15, -0.1) is 0 Å². The van der Waals surface area contributed by atoms with Crippen molar-refractivity contribution in [2.24, 2.45) is 7.05 Å². The molecule has 0 aliphatic heterocycles. The minimum atomic E-state index is -0.235. The largest absolute Gasteiger partial charge is 0.353 e. The molecule has 2 N–H and O–H groups in total. The molecule has 2 heterocycles. The molecule has 2 aromatic heterocycles. The molecule has 1 amide bonds. The van der Waals surface area contributed by atoms with Crippen molar-refractivity contribution >= 4 is 45.4 Å². The van der Waals surface area contributed by atoms with Crippen LogP contribution in [0, 0.1) is 0 Å². The summed E-state index contributed by atoms with van der Waals surface area (Å²) < 4.78 is 2.23. The van der Waals surface area contributed by atoms with Gasteiger partial charge in [0.1, 0.15) is 4.34 Å². The second-order valence-corrected chi connectivity index (χ2v) is 6.19. The number of amides is 1. The lowest BCUT2D eigenvalue weighted by Crippen LogP contribution is -2.11. The number of aryl methyl sites for hydroxylation is 1. The predicted molar refractivity (Wildman–Crippen MR) is 88.0 cm³/mol. The molecule has 3 aromatic rings. The fourth-order valence-corrected chi connectivity index (χ4v) is 2.68. The van der Waals surface area contributed by atoms with Gasteiger partial charge < -0.3 is 5.32 Å². The second kappa shape index (κ2) is 6.17. The van der Waals surface area contributed by atoms with E-state index in [0.717, 1.165) is 11.4 Å². The molecule has 0 aliphatic carbocycles. The molecule has 3 rings (SSSR count). The Labute approximate surface area is 135 Å². The first-order valence-corrected chi connectivity index (χ1v) is 7.58. The first kappa shape index (κ1) is 14.6. The quantitative estimate of drug-likeness (QED) is 0.766. The van der Waals surface area contributed by atoms with E-state index in [4.69, 9.17) is 11.6 Å². The molecule has 6 nitrogen and oxygen atoms in total. The standard InChI is InChI=1S/C14H12ClN5OS/c1-20-8-11(6-17-20)18-10-4-2-3-9(5-10)13(21)19-14-16-7-12(15)22-14/h2-8,18H,1H3,(H,16,19,21). The molecule has 1 aromatic carbocycles. The van der Waals surface area contributed by atoms with Crippen molar-refractivity contribution in [2.75, 3.05) is 10.6 Å². The van der Waals surface area contributed by atoms with Crippen LogP contribution in [0.2, 0.25) is 4.34 Å². The molecule has 0 atom stereocenters. The predicted octanol–water partition coefficient (Wildman–Crippen LogP) is 3.53. The highest BCUT2D eigenvalue weighted by Crippen LogP contribution is 2.23. The van der Waals surface area contributed by atoms with Gasteiger partial charge in [-0.25, -0.2) is 4.98 Å². The summed E-state index contributed by atoms with van der Waals surface area (Å²) in [5.41, 5.74) is 2.18. The van der Waals surface area contributed by atoms with Crippen molar-refractivity contribution in [2.45, 2.75) is 0 Å². The SMILES string of the molecule is Cn1cc(Nc2cccc(C(=O)Nc3ncc(Cl)s3)c2)cn1. The summed E-state index contributed by atoms with van der Waals surface area (Å²) in [6.45, 7) is 0. The van der Waals surface area contributed by atoms with Gasteiger partial charge in [-0.3, -0.25) is 14.8 Å². The van der Waals surface area contributed by atoms with E-state index in [2.05, 4.69) is 20.7 Å². The number of nitrogens with zero attached hydrogens (tertiary/aromatic N) is 3. The minimum Gasteiger partial charge on any atom is -0.353 e. The lowest BCUT2D eigenvalue weighted by molar-refractivity contribution is 0.102. The molecule has 0 radical (unpaired) electrons. The van der Waals surface area contributed by atoms with Crippen molar-refractivity contribution in [3.63, 3.8) is 0 Å². The third kappa shape index (κ3) is 3.44. The van der Waals surface area contributed by atoms with Gasteiger partial charge in [0, 0.05) is 24.5 Å². The van der Waals surface area contributed by atoms with Crippen LogP contribution >= 0.6 is 22.9 Å². The Bertz CT molecular complexity index is 813. The summed E-state index contributed by atoms with van der Waals surface area (Å²) in [4.78, 5) is 16.2. The molecule has 0 spiro atoms. The van der Waals surface area contributed by atoms with Gasteiger partial charge >= 0.3 is 0 Å². The van der Waals surface area contributed by atoms with Gasteiger partial charge in [-0.05, 0) is 18.2 Å². The van der Waals surface area contributed by atoms with Gasteiger partial charge in [0.05, 0.1) is 18.1 Å². The molecule has 0 aliphatic rings. The molecule has 0 saturated carbocycles. The zero-order valence-electron chi connectivity index (χ0n) is 11.6. The smallest absolute Gasteiger partial charge is 0.257 e. The van der Waals surface area contributed by atoms with E-state index in [0.29, 0.717) is 15.0 Å². The number of aromatic nitrogens is 3. The normalized spacial score (nSPS) is 10.5. The number of anilines is 3. The van der Waals surface area contributed by atoms with Crippen LogP contribution < -0.4 is 10.6 Å². The maximum absolute atomic E-state index is 12.2. The lowest BCUT2D eigenvalue weighted by atomic mass is 10.2. The number of nitrogens with one attached hydrogen (secondary N) is 2. The first-order valence-electron chi connectivity index (χ1n) is 6.38. The van der Waals surface area contributed by atoms with Crippen LogP contribution in [0.3, 0.4) is 0 Å². The third-order valence-corrected chi connectivity index (χ3v) is 3.85. The maximum Gasteiger partial charge on any atom is 0.257 e. The maximum atomic E-state index is 12.2. The molecular weight excluding hydrogens is 322 g/mol. The monoisotopic (exact) mass is 333 g/mol. The van der Waals surface area contributed by atoms with Crippen LogP contribution in [0.5, 0.6) is 0 Å². The Morgan fingerprint density at radius 3 is 2.86 bits per heavy atom. The van der Waals surface area contributed by atoms with E-state index in [1.165, 1.54) is 17.5 Å². The Morgan fingerprint density at radius 1 is 1.32 bits per heavy atom. The fraction of sp³-hybridized carbons (Fsp3) is 0.0714. The minimum absolute atomic E-state index is 0.235. The van der Waals surface area contributed by atoms with E-state index in [9.17, 15) is 4.79 Å². The van der Waals surface area contributed by atoms with Crippen molar-refractivity contribution in [3.8, 4) is 0 Å². The molecule has 0 fully saturated rings. The summed E-state index contributed by atoms with van der Waals surface area (Å²) in [6.07, 6.45) is 5.07. The van der Waals surface area contributed by atoms with Gasteiger partial charge in [0.2, 0.25) is 0 Å². The summed E-state index contributed by atoms with van der Waals surface area (Å²) in [5.74, 6) is -0.235. The average Bonchev–Trinajstić information content (AvgIpc) is 3.08. The number of hydrogen-bond donors (Lipinski definition) is 2. The summed E-state index contributed by atoms with van der Waals surface area (Å²) in [6, 6.07) is 7.18. The van der Waals surface area contributed by atoms with E-state index >= 15 is 0 Å². The molecule has 0 unspecified atom stereocenters. The highest BCUT2D eigenvalue weighted by Gasteiger charge is 2.09. The summed E-state index contributed by atoms with van der Waals surface area (Å²) >= 11 is 7.01. The van der Waals surface area contributed by atoms with Crippen LogP contribution in [-0.4, -0.2) is 20.7 Å². The van der Waals surface area contributed by atoms with E-state index in [-0.39, 0.29) is 5.91 Å². The molecule has 8 heteroatoms. The topological polar surface area (TPSA) is 71.8 Å². The number of carbonyl (C=O) groups excluding carboxylic acids is 1. The Balaban J connectivity index is 1.74. The summed E-state index contributed by atoms with van der Waals surface area (Å²) in [7, 11) is 1.84. The first-order chi connectivity index (χ1) is 10.6. The Kier molecular flexibility index (Phi) is 4.08. The van der Waals surface area contributed by atoms with Crippen molar-refractivity contribution < 1.29 is 4.79 Å². The highest BCUT2D eigenvalue weighted by molar-refractivity contribution is 7.19. The molecule has 0 bridgehead atoms. The van der Waals surface area contributed by atoms with Crippen LogP contribution in [0.1, 0.15) is 10.4 Å². The van der Waals surface area contributed by atoms with Crippen molar-refractivity contribution in [3.05, 3.63) is 52.8 Å². The molecule has 22 heavy (non-hydrogen) atoms. The molecule has 112 valence electrons. The Hall–Kier alpha value is -2.38. The summed E-state index contributed by atoms with van der Waals surface area (Å²) in [5, 5.41) is 10.5. The van der Waals surface area contributed by atoms with Crippen LogP contribution in [0.25, 0.3) is 0 Å². The number of rotatable bonds is 4. The zero-order valence-corrected chi connectivity index (χ0v) is 13.1. The number of hydrogen-bond acceptors (Lipinski definition) is 5. The van der Waals surface area contributed by atoms with Crippen LogP contribution in [0.15, 0.2) is 42.9 Å². The van der Waals surface area contributed by atoms with E-state index in [1.807, 2.05) is 25.4 Å². The van der Waals surface area contributed by atoms with Gasteiger partial charge in [-0.1, -0.05) is 29.0 Å². The Morgan fingerprint density at radius 2 is 2.18 bits per heavy atom. The van der Waals surface area contributed by atoms with Crippen LogP contribution in [-0.2, 0) is 7.05 Å². The highest BCUT2D eigenvalue weighted by atomic mass is 35.5. The van der Waals surface area contributed by atoms with E-state index in [1.54, 1.807) is 23.0 Å². The second-order valence-electron chi connectivity index (χ2n) is 4.53. The lowest BCUT2D eigenvalue weighted by Gasteiger charge is -2.06. The zero-order chi connectivity index (χ0) is 15.5. The fourth-order valence-electron chi connectivity index (χ4n) is 1.87. The number of carbonyl (C=O) groups is 1. The third-order valence-electron chi connectivity index (χ3n) is 2.82. The number of thiazole rings is 1.